The van der Waals surface area contributed by atoms with Gasteiger partial charge in [0.25, 0.3) is 0 Å². The minimum Gasteiger partial charge on any atom is -0.504 e. The molecule has 0 heterocycles. The zero-order valence-electron chi connectivity index (χ0n) is 8.82. The van der Waals surface area contributed by atoms with Crippen LogP contribution in [0.1, 0.15) is 29.8 Å². The first-order valence-corrected chi connectivity index (χ1v) is 4.57. The first-order valence-electron chi connectivity index (χ1n) is 4.57. The molecule has 0 saturated carbocycles. The molecule has 0 aliphatic heterocycles. The summed E-state index contributed by atoms with van der Waals surface area (Å²) in [6, 6.07) is 2.98. The molecule has 1 rings (SSSR count). The number of allylic oxidation sites excluding steroid dienone is 1. The van der Waals surface area contributed by atoms with Crippen LogP contribution >= 0.6 is 0 Å². The SMILES string of the molecule is C=CC(C)(C)c1cc(O)c(O)c(C=O)c1. The topological polar surface area (TPSA) is 57.5 Å². The van der Waals surface area contributed by atoms with Crippen LogP contribution in [0.25, 0.3) is 0 Å². The highest BCUT2D eigenvalue weighted by molar-refractivity contribution is 5.81. The first-order chi connectivity index (χ1) is 6.92. The van der Waals surface area contributed by atoms with E-state index in [9.17, 15) is 15.0 Å². The summed E-state index contributed by atoms with van der Waals surface area (Å²) >= 11 is 0. The third-order valence-electron chi connectivity index (χ3n) is 2.50. The van der Waals surface area contributed by atoms with Gasteiger partial charge in [0.1, 0.15) is 0 Å². The molecule has 1 aromatic rings. The summed E-state index contributed by atoms with van der Waals surface area (Å²) in [6.07, 6.45) is 2.23. The maximum absolute atomic E-state index is 10.7. The molecule has 0 spiro atoms. The molecule has 0 aliphatic carbocycles. The molecule has 0 fully saturated rings. The predicted molar refractivity (Wildman–Crippen MR) is 58.4 cm³/mol. The van der Waals surface area contributed by atoms with Crippen molar-refractivity contribution in [2.45, 2.75) is 19.3 Å². The van der Waals surface area contributed by atoms with E-state index >= 15 is 0 Å². The number of hydrogen-bond acceptors (Lipinski definition) is 3. The average molecular weight is 206 g/mol. The number of aldehydes is 1. The van der Waals surface area contributed by atoms with Crippen molar-refractivity contribution in [1.82, 2.24) is 0 Å². The minimum atomic E-state index is -0.381. The van der Waals surface area contributed by atoms with Crippen molar-refractivity contribution in [3.8, 4) is 11.5 Å². The molecule has 0 bridgehead atoms. The normalized spacial score (nSPS) is 11.1. The predicted octanol–water partition coefficient (Wildman–Crippen LogP) is 2.37. The molecule has 80 valence electrons. The Morgan fingerprint density at radius 2 is 1.93 bits per heavy atom. The first kappa shape index (κ1) is 11.3. The van der Waals surface area contributed by atoms with Gasteiger partial charge in [-0.05, 0) is 17.7 Å². The quantitative estimate of drug-likeness (QED) is 0.453. The van der Waals surface area contributed by atoms with Crippen LogP contribution in [0.2, 0.25) is 0 Å². The van der Waals surface area contributed by atoms with Crippen molar-refractivity contribution in [2.24, 2.45) is 0 Å². The summed E-state index contributed by atoms with van der Waals surface area (Å²) in [5.41, 5.74) is 0.456. The smallest absolute Gasteiger partial charge is 0.168 e. The fourth-order valence-corrected chi connectivity index (χ4v) is 1.22. The Kier molecular flexibility index (Phi) is 2.84. The largest absolute Gasteiger partial charge is 0.504 e. The van der Waals surface area contributed by atoms with E-state index in [1.165, 1.54) is 6.07 Å². The molecular weight excluding hydrogens is 192 g/mol. The van der Waals surface area contributed by atoms with Crippen molar-refractivity contribution in [2.75, 3.05) is 0 Å². The lowest BCUT2D eigenvalue weighted by Crippen LogP contribution is -2.13. The molecular formula is C12H14O3. The Balaban J connectivity index is 3.41. The van der Waals surface area contributed by atoms with Crippen LogP contribution in [0, 0.1) is 0 Å². The molecule has 0 radical (unpaired) electrons. The van der Waals surface area contributed by atoms with Crippen molar-refractivity contribution < 1.29 is 15.0 Å². The number of hydrogen-bond donors (Lipinski definition) is 2. The monoisotopic (exact) mass is 206 g/mol. The molecule has 0 aliphatic rings. The molecule has 0 saturated heterocycles. The van der Waals surface area contributed by atoms with Gasteiger partial charge in [-0.1, -0.05) is 19.9 Å². The summed E-state index contributed by atoms with van der Waals surface area (Å²) in [5.74, 6) is -0.668. The maximum atomic E-state index is 10.7. The number of phenols is 2. The summed E-state index contributed by atoms with van der Waals surface area (Å²) in [7, 11) is 0. The number of carbonyl (C=O) groups is 1. The second kappa shape index (κ2) is 3.77. The fourth-order valence-electron chi connectivity index (χ4n) is 1.22. The van der Waals surface area contributed by atoms with E-state index in [0.717, 1.165) is 5.56 Å². The molecule has 1 aromatic carbocycles. The number of carbonyl (C=O) groups excluding carboxylic acids is 1. The van der Waals surface area contributed by atoms with Crippen molar-refractivity contribution in [1.29, 1.82) is 0 Å². The molecule has 0 amide bonds. The second-order valence-electron chi connectivity index (χ2n) is 3.98. The van der Waals surface area contributed by atoms with E-state index in [0.29, 0.717) is 6.29 Å². The van der Waals surface area contributed by atoms with E-state index in [1.807, 2.05) is 13.8 Å². The lowest BCUT2D eigenvalue weighted by atomic mass is 9.84. The Morgan fingerprint density at radius 1 is 1.33 bits per heavy atom. The molecule has 3 nitrogen and oxygen atoms in total. The summed E-state index contributed by atoms with van der Waals surface area (Å²) in [6.45, 7) is 7.49. The Bertz CT molecular complexity index is 406. The highest BCUT2D eigenvalue weighted by atomic mass is 16.3. The zero-order chi connectivity index (χ0) is 11.6. The van der Waals surface area contributed by atoms with Gasteiger partial charge in [0, 0.05) is 5.41 Å². The Labute approximate surface area is 88.7 Å². The lowest BCUT2D eigenvalue weighted by molar-refractivity contribution is 0.112. The van der Waals surface area contributed by atoms with E-state index in [4.69, 9.17) is 0 Å². The van der Waals surface area contributed by atoms with Gasteiger partial charge in [0.2, 0.25) is 0 Å². The van der Waals surface area contributed by atoms with Crippen molar-refractivity contribution in [3.05, 3.63) is 35.9 Å². The van der Waals surface area contributed by atoms with Gasteiger partial charge in [-0.15, -0.1) is 6.58 Å². The Morgan fingerprint density at radius 3 is 2.40 bits per heavy atom. The maximum Gasteiger partial charge on any atom is 0.168 e. The van der Waals surface area contributed by atoms with E-state index in [-0.39, 0.29) is 22.5 Å². The van der Waals surface area contributed by atoms with Crippen LogP contribution in [0.4, 0.5) is 0 Å². The van der Waals surface area contributed by atoms with Crippen molar-refractivity contribution in [3.63, 3.8) is 0 Å². The zero-order valence-corrected chi connectivity index (χ0v) is 8.82. The van der Waals surface area contributed by atoms with Gasteiger partial charge >= 0.3 is 0 Å². The average Bonchev–Trinajstić information content (AvgIpc) is 2.21. The second-order valence-corrected chi connectivity index (χ2v) is 3.98. The van der Waals surface area contributed by atoms with Gasteiger partial charge < -0.3 is 10.2 Å². The van der Waals surface area contributed by atoms with Crippen LogP contribution in [0.3, 0.4) is 0 Å². The molecule has 0 atom stereocenters. The van der Waals surface area contributed by atoms with Crippen molar-refractivity contribution >= 4 is 6.29 Å². The van der Waals surface area contributed by atoms with Crippen LogP contribution in [-0.4, -0.2) is 16.5 Å². The van der Waals surface area contributed by atoms with Gasteiger partial charge in [-0.2, -0.15) is 0 Å². The number of benzene rings is 1. The lowest BCUT2D eigenvalue weighted by Gasteiger charge is -2.21. The van der Waals surface area contributed by atoms with Gasteiger partial charge in [0.15, 0.2) is 17.8 Å². The van der Waals surface area contributed by atoms with E-state index in [1.54, 1.807) is 12.1 Å². The summed E-state index contributed by atoms with van der Waals surface area (Å²) in [5, 5.41) is 18.8. The highest BCUT2D eigenvalue weighted by Gasteiger charge is 2.19. The summed E-state index contributed by atoms with van der Waals surface area (Å²) < 4.78 is 0. The minimum absolute atomic E-state index is 0.0833. The Hall–Kier alpha value is -1.77. The fraction of sp³-hybridized carbons (Fsp3) is 0.250. The molecule has 3 heteroatoms. The summed E-state index contributed by atoms with van der Waals surface area (Å²) in [4.78, 5) is 10.7. The van der Waals surface area contributed by atoms with E-state index < -0.39 is 0 Å². The third kappa shape index (κ3) is 2.01. The third-order valence-corrected chi connectivity index (χ3v) is 2.50. The number of rotatable bonds is 3. The van der Waals surface area contributed by atoms with Crippen LogP contribution < -0.4 is 0 Å². The van der Waals surface area contributed by atoms with E-state index in [2.05, 4.69) is 6.58 Å². The number of phenolic OH excluding ortho intramolecular Hbond substituents is 2. The van der Waals surface area contributed by atoms with Crippen LogP contribution in [0.5, 0.6) is 11.5 Å². The van der Waals surface area contributed by atoms with Gasteiger partial charge in [-0.3, -0.25) is 4.79 Å². The molecule has 2 N–H and O–H groups in total. The molecule has 0 unspecified atom stereocenters. The van der Waals surface area contributed by atoms with Gasteiger partial charge in [0.05, 0.1) is 5.56 Å². The highest BCUT2D eigenvalue weighted by Crippen LogP contribution is 2.34. The molecule has 0 aromatic heterocycles. The van der Waals surface area contributed by atoms with Crippen LogP contribution in [-0.2, 0) is 5.41 Å². The van der Waals surface area contributed by atoms with Crippen LogP contribution in [0.15, 0.2) is 24.8 Å². The number of aromatic hydroxyl groups is 2. The standard InChI is InChI=1S/C12H14O3/c1-4-12(2,3)9-5-8(7-13)11(15)10(14)6-9/h4-7,14-15H,1H2,2-3H3. The molecule has 15 heavy (non-hydrogen) atoms. The van der Waals surface area contributed by atoms with Gasteiger partial charge in [-0.25, -0.2) is 0 Å².